The second-order valence-electron chi connectivity index (χ2n) is 5.46. The molecule has 2 aromatic carbocycles. The van der Waals surface area contributed by atoms with Crippen LogP contribution in [0.2, 0.25) is 0 Å². The number of hydrogen-bond acceptors (Lipinski definition) is 2. The lowest BCUT2D eigenvalue weighted by atomic mass is 10.1. The van der Waals surface area contributed by atoms with Gasteiger partial charge in [-0.05, 0) is 42.0 Å². The third-order valence-corrected chi connectivity index (χ3v) is 3.84. The van der Waals surface area contributed by atoms with Gasteiger partial charge in [-0.1, -0.05) is 54.6 Å². The van der Waals surface area contributed by atoms with Gasteiger partial charge in [-0.25, -0.2) is 4.98 Å². The number of para-hydroxylation sites is 2. The summed E-state index contributed by atoms with van der Waals surface area (Å²) in [4.78, 5) is 4.64. The average molecular weight is 296 g/mol. The molecule has 0 saturated carbocycles. The van der Waals surface area contributed by atoms with Crippen LogP contribution in [0.5, 0.6) is 0 Å². The molecule has 2 nitrogen and oxygen atoms in total. The number of nitrogens with zero attached hydrogens (tertiary/aromatic N) is 1. The Hall–Kier alpha value is -3.13. The Morgan fingerprint density at radius 1 is 0.826 bits per heavy atom. The van der Waals surface area contributed by atoms with Crippen LogP contribution in [0.15, 0.2) is 84.6 Å². The SMILES string of the molecule is C1=Cc2ccccc2N/C1=C\C=C\c1ccc2ccccc2n1. The first kappa shape index (κ1) is 13.5. The van der Waals surface area contributed by atoms with E-state index in [4.69, 9.17) is 0 Å². The molecule has 0 saturated heterocycles. The minimum absolute atomic E-state index is 0.959. The molecule has 0 aliphatic carbocycles. The molecule has 0 amide bonds. The highest BCUT2D eigenvalue weighted by Crippen LogP contribution is 2.23. The van der Waals surface area contributed by atoms with Crippen molar-refractivity contribution in [2.24, 2.45) is 0 Å². The minimum atomic E-state index is 0.959. The van der Waals surface area contributed by atoms with Crippen molar-refractivity contribution < 1.29 is 0 Å². The summed E-state index contributed by atoms with van der Waals surface area (Å²) in [5.74, 6) is 0. The fraction of sp³-hybridized carbons (Fsp3) is 0. The fourth-order valence-electron chi connectivity index (χ4n) is 2.66. The maximum atomic E-state index is 4.64. The van der Waals surface area contributed by atoms with Crippen LogP contribution in [0.3, 0.4) is 0 Å². The fourth-order valence-corrected chi connectivity index (χ4v) is 2.66. The number of fused-ring (bicyclic) bond motifs is 2. The van der Waals surface area contributed by atoms with Gasteiger partial charge in [0.25, 0.3) is 0 Å². The minimum Gasteiger partial charge on any atom is -0.355 e. The second-order valence-corrected chi connectivity index (χ2v) is 5.46. The zero-order valence-corrected chi connectivity index (χ0v) is 12.6. The molecule has 1 N–H and O–H groups in total. The average Bonchev–Trinajstić information content (AvgIpc) is 2.61. The molecule has 23 heavy (non-hydrogen) atoms. The van der Waals surface area contributed by atoms with Gasteiger partial charge in [-0.3, -0.25) is 0 Å². The van der Waals surface area contributed by atoms with Crippen LogP contribution in [-0.4, -0.2) is 4.98 Å². The van der Waals surface area contributed by atoms with Crippen molar-refractivity contribution in [2.45, 2.75) is 0 Å². The number of aromatic nitrogens is 1. The maximum Gasteiger partial charge on any atom is 0.0709 e. The Kier molecular flexibility index (Phi) is 3.49. The molecule has 110 valence electrons. The van der Waals surface area contributed by atoms with E-state index in [-0.39, 0.29) is 0 Å². The van der Waals surface area contributed by atoms with Gasteiger partial charge in [-0.2, -0.15) is 0 Å². The van der Waals surface area contributed by atoms with Gasteiger partial charge in [0, 0.05) is 16.8 Å². The number of rotatable bonds is 2. The summed E-state index contributed by atoms with van der Waals surface area (Å²) in [5, 5.41) is 4.58. The summed E-state index contributed by atoms with van der Waals surface area (Å²) < 4.78 is 0. The van der Waals surface area contributed by atoms with Crippen molar-refractivity contribution in [3.05, 3.63) is 95.8 Å². The number of anilines is 1. The van der Waals surface area contributed by atoms with Crippen molar-refractivity contribution in [1.82, 2.24) is 4.98 Å². The lowest BCUT2D eigenvalue weighted by molar-refractivity contribution is 1.37. The Morgan fingerprint density at radius 2 is 1.70 bits per heavy atom. The number of nitrogens with one attached hydrogen (secondary N) is 1. The van der Waals surface area contributed by atoms with E-state index in [1.807, 2.05) is 48.6 Å². The van der Waals surface area contributed by atoms with Crippen LogP contribution in [0.25, 0.3) is 23.1 Å². The molecule has 0 atom stereocenters. The van der Waals surface area contributed by atoms with E-state index in [1.165, 1.54) is 5.56 Å². The molecule has 0 bridgehead atoms. The van der Waals surface area contributed by atoms with Crippen molar-refractivity contribution in [1.29, 1.82) is 0 Å². The van der Waals surface area contributed by atoms with E-state index in [1.54, 1.807) is 0 Å². The number of benzene rings is 2. The molecule has 2 heterocycles. The second kappa shape index (κ2) is 5.93. The molecular weight excluding hydrogens is 280 g/mol. The zero-order valence-electron chi connectivity index (χ0n) is 12.6. The van der Waals surface area contributed by atoms with Crippen LogP contribution in [0, 0.1) is 0 Å². The monoisotopic (exact) mass is 296 g/mol. The number of allylic oxidation sites excluding steroid dienone is 3. The van der Waals surface area contributed by atoms with E-state index < -0.39 is 0 Å². The van der Waals surface area contributed by atoms with Crippen molar-refractivity contribution >= 4 is 28.7 Å². The molecule has 4 rings (SSSR count). The van der Waals surface area contributed by atoms with Crippen LogP contribution >= 0.6 is 0 Å². The highest BCUT2D eigenvalue weighted by molar-refractivity contribution is 5.79. The van der Waals surface area contributed by atoms with Gasteiger partial charge in [0.1, 0.15) is 0 Å². The molecule has 1 aliphatic heterocycles. The molecule has 3 aromatic rings. The lowest BCUT2D eigenvalue weighted by Crippen LogP contribution is -2.02. The smallest absolute Gasteiger partial charge is 0.0709 e. The largest absolute Gasteiger partial charge is 0.355 e. The van der Waals surface area contributed by atoms with Crippen LogP contribution in [-0.2, 0) is 0 Å². The van der Waals surface area contributed by atoms with Gasteiger partial charge in [0.2, 0.25) is 0 Å². The third kappa shape index (κ3) is 2.92. The maximum absolute atomic E-state index is 4.64. The molecule has 0 radical (unpaired) electrons. The summed E-state index contributed by atoms with van der Waals surface area (Å²) in [5.41, 5.74) is 5.40. The summed E-state index contributed by atoms with van der Waals surface area (Å²) in [6.45, 7) is 0. The predicted octanol–water partition coefficient (Wildman–Crippen LogP) is 5.27. The Morgan fingerprint density at radius 3 is 2.70 bits per heavy atom. The Bertz CT molecular complexity index is 949. The summed E-state index contributed by atoms with van der Waals surface area (Å²) in [6, 6.07) is 20.6. The van der Waals surface area contributed by atoms with Gasteiger partial charge in [0.15, 0.2) is 0 Å². The highest BCUT2D eigenvalue weighted by Gasteiger charge is 2.04. The standard InChI is InChI=1S/C21H16N2/c1-3-10-20-16(6-1)12-14-18(22-20)8-5-9-19-15-13-17-7-2-4-11-21(17)23-19/h1-15,22H/b9-5+,18-8-. The van der Waals surface area contributed by atoms with Gasteiger partial charge >= 0.3 is 0 Å². The molecule has 0 spiro atoms. The normalized spacial score (nSPS) is 15.0. The zero-order chi connectivity index (χ0) is 15.5. The van der Waals surface area contributed by atoms with Crippen LogP contribution < -0.4 is 5.32 Å². The highest BCUT2D eigenvalue weighted by atomic mass is 14.9. The van der Waals surface area contributed by atoms with E-state index in [2.05, 4.69) is 52.8 Å². The van der Waals surface area contributed by atoms with Crippen LogP contribution in [0.4, 0.5) is 5.69 Å². The lowest BCUT2D eigenvalue weighted by Gasteiger charge is -2.14. The first-order chi connectivity index (χ1) is 11.4. The van der Waals surface area contributed by atoms with Crippen molar-refractivity contribution in [3.8, 4) is 0 Å². The number of pyridine rings is 1. The quantitative estimate of drug-likeness (QED) is 0.696. The predicted molar refractivity (Wildman–Crippen MR) is 98.0 cm³/mol. The molecule has 0 fully saturated rings. The van der Waals surface area contributed by atoms with E-state index in [9.17, 15) is 0 Å². The summed E-state index contributed by atoms with van der Waals surface area (Å²) >= 11 is 0. The van der Waals surface area contributed by atoms with E-state index in [0.29, 0.717) is 0 Å². The van der Waals surface area contributed by atoms with E-state index >= 15 is 0 Å². The molecular formula is C21H16N2. The van der Waals surface area contributed by atoms with Crippen molar-refractivity contribution in [3.63, 3.8) is 0 Å². The topological polar surface area (TPSA) is 24.9 Å². The van der Waals surface area contributed by atoms with Crippen LogP contribution in [0.1, 0.15) is 11.3 Å². The van der Waals surface area contributed by atoms with Gasteiger partial charge in [-0.15, -0.1) is 0 Å². The first-order valence-electron chi connectivity index (χ1n) is 7.67. The van der Waals surface area contributed by atoms with Gasteiger partial charge < -0.3 is 5.32 Å². The van der Waals surface area contributed by atoms with Gasteiger partial charge in [0.05, 0.1) is 11.2 Å². The number of hydrogen-bond donors (Lipinski definition) is 1. The molecule has 0 unspecified atom stereocenters. The molecule has 2 heteroatoms. The Labute approximate surface area is 135 Å². The first-order valence-corrected chi connectivity index (χ1v) is 7.67. The third-order valence-electron chi connectivity index (χ3n) is 3.84. The summed E-state index contributed by atoms with van der Waals surface area (Å²) in [7, 11) is 0. The summed E-state index contributed by atoms with van der Waals surface area (Å²) in [6.07, 6.45) is 10.3. The van der Waals surface area contributed by atoms with E-state index in [0.717, 1.165) is 28.0 Å². The van der Waals surface area contributed by atoms with Crippen molar-refractivity contribution in [2.75, 3.05) is 5.32 Å². The molecule has 1 aromatic heterocycles. The Balaban J connectivity index is 1.55. The molecule has 1 aliphatic rings.